The van der Waals surface area contributed by atoms with Crippen LogP contribution in [-0.4, -0.2) is 51.1 Å². The number of amides is 4. The highest BCUT2D eigenvalue weighted by Crippen LogP contribution is 2.21. The molecule has 1 fully saturated rings. The maximum Gasteiger partial charge on any atom is 0.334 e. The second kappa shape index (κ2) is 6.87. The number of aryl methyl sites for hydroxylation is 1. The molecule has 1 saturated heterocycles. The van der Waals surface area contributed by atoms with Crippen molar-refractivity contribution in [3.63, 3.8) is 0 Å². The molecule has 0 bridgehead atoms. The van der Waals surface area contributed by atoms with Gasteiger partial charge in [-0.2, -0.15) is 0 Å². The van der Waals surface area contributed by atoms with E-state index in [0.717, 1.165) is 21.2 Å². The van der Waals surface area contributed by atoms with Crippen molar-refractivity contribution in [2.24, 2.45) is 0 Å². The van der Waals surface area contributed by atoms with Crippen molar-refractivity contribution >= 4 is 35.0 Å². The largest absolute Gasteiger partial charge is 0.343 e. The van der Waals surface area contributed by atoms with Gasteiger partial charge in [-0.1, -0.05) is 6.07 Å². The number of Topliss-reactive ketones (excluding diaryl/α,β-unsaturated/α-hetero) is 1. The number of thiophene rings is 1. The molecule has 136 valence electrons. The fraction of sp³-hybridized carbons (Fsp3) is 0.333. The summed E-state index contributed by atoms with van der Waals surface area (Å²) in [7, 11) is 0. The van der Waals surface area contributed by atoms with E-state index in [2.05, 4.69) is 0 Å². The van der Waals surface area contributed by atoms with Gasteiger partial charge in [0.05, 0.1) is 13.1 Å². The SMILES string of the molecule is CCN1C(=O)C(=O)N(CC(=O)c2cc(C)n(Cc3cccs3)c2C)C1=O. The third-order valence-electron chi connectivity index (χ3n) is 4.52. The number of rotatable bonds is 6. The second-order valence-electron chi connectivity index (χ2n) is 6.10. The lowest BCUT2D eigenvalue weighted by Crippen LogP contribution is -2.37. The van der Waals surface area contributed by atoms with Crippen molar-refractivity contribution in [3.8, 4) is 0 Å². The van der Waals surface area contributed by atoms with Crippen LogP contribution in [0.5, 0.6) is 0 Å². The minimum atomic E-state index is -0.947. The van der Waals surface area contributed by atoms with Gasteiger partial charge in [-0.3, -0.25) is 19.3 Å². The summed E-state index contributed by atoms with van der Waals surface area (Å²) in [5.74, 6) is -2.19. The first-order valence-corrected chi connectivity index (χ1v) is 9.12. The fourth-order valence-corrected chi connectivity index (χ4v) is 3.78. The lowest BCUT2D eigenvalue weighted by Gasteiger charge is -2.13. The van der Waals surface area contributed by atoms with Crippen LogP contribution >= 0.6 is 11.3 Å². The second-order valence-corrected chi connectivity index (χ2v) is 7.13. The number of ketones is 1. The van der Waals surface area contributed by atoms with Crippen LogP contribution in [0, 0.1) is 13.8 Å². The van der Waals surface area contributed by atoms with Gasteiger partial charge in [-0.05, 0) is 38.3 Å². The molecule has 0 unspecified atom stereocenters. The molecule has 2 aromatic rings. The summed E-state index contributed by atoms with van der Waals surface area (Å²) in [6.07, 6.45) is 0. The first-order valence-electron chi connectivity index (χ1n) is 8.24. The Balaban J connectivity index is 1.82. The van der Waals surface area contributed by atoms with Gasteiger partial charge in [0.2, 0.25) is 0 Å². The van der Waals surface area contributed by atoms with E-state index in [1.54, 1.807) is 24.3 Å². The number of imide groups is 2. The van der Waals surface area contributed by atoms with Crippen LogP contribution in [0.25, 0.3) is 0 Å². The van der Waals surface area contributed by atoms with Gasteiger partial charge in [0.15, 0.2) is 5.78 Å². The van der Waals surface area contributed by atoms with Crippen molar-refractivity contribution in [2.45, 2.75) is 27.3 Å². The van der Waals surface area contributed by atoms with Crippen LogP contribution in [-0.2, 0) is 16.1 Å². The van der Waals surface area contributed by atoms with Crippen molar-refractivity contribution in [2.75, 3.05) is 13.1 Å². The first kappa shape index (κ1) is 18.1. The molecule has 26 heavy (non-hydrogen) atoms. The number of hydrogen-bond donors (Lipinski definition) is 0. The van der Waals surface area contributed by atoms with Crippen LogP contribution in [0.4, 0.5) is 4.79 Å². The molecule has 0 spiro atoms. The summed E-state index contributed by atoms with van der Waals surface area (Å²) in [6, 6.07) is 5.03. The number of urea groups is 1. The summed E-state index contributed by atoms with van der Waals surface area (Å²) < 4.78 is 2.02. The topological polar surface area (TPSA) is 79.7 Å². The Morgan fingerprint density at radius 2 is 1.81 bits per heavy atom. The summed E-state index contributed by atoms with van der Waals surface area (Å²) >= 11 is 1.64. The lowest BCUT2D eigenvalue weighted by molar-refractivity contribution is -0.143. The van der Waals surface area contributed by atoms with E-state index < -0.39 is 24.4 Å². The Morgan fingerprint density at radius 3 is 2.38 bits per heavy atom. The third-order valence-corrected chi connectivity index (χ3v) is 5.38. The van der Waals surface area contributed by atoms with Gasteiger partial charge < -0.3 is 4.57 Å². The molecule has 3 rings (SSSR count). The maximum absolute atomic E-state index is 12.7. The molecule has 3 heterocycles. The van der Waals surface area contributed by atoms with Gasteiger partial charge in [0.1, 0.15) is 0 Å². The molecular weight excluding hydrogens is 354 g/mol. The predicted molar refractivity (Wildman–Crippen MR) is 96.2 cm³/mol. The van der Waals surface area contributed by atoms with Crippen LogP contribution in [0.15, 0.2) is 23.6 Å². The summed E-state index contributed by atoms with van der Waals surface area (Å²) in [6.45, 7) is 5.68. The van der Waals surface area contributed by atoms with E-state index >= 15 is 0 Å². The lowest BCUT2D eigenvalue weighted by atomic mass is 10.1. The minimum Gasteiger partial charge on any atom is -0.343 e. The van der Waals surface area contributed by atoms with Gasteiger partial charge in [0, 0.05) is 28.4 Å². The molecule has 0 atom stereocenters. The molecule has 1 aliphatic heterocycles. The van der Waals surface area contributed by atoms with Crippen LogP contribution in [0.2, 0.25) is 0 Å². The molecule has 0 aromatic carbocycles. The number of carbonyl (C=O) groups is 4. The third kappa shape index (κ3) is 2.96. The van der Waals surface area contributed by atoms with Gasteiger partial charge in [-0.15, -0.1) is 11.3 Å². The minimum absolute atomic E-state index is 0.101. The van der Waals surface area contributed by atoms with Crippen LogP contribution in [0.3, 0.4) is 0 Å². The number of likely N-dealkylation sites (N-methyl/N-ethyl adjacent to an activating group) is 1. The number of hydrogen-bond acceptors (Lipinski definition) is 5. The molecule has 4 amide bonds. The van der Waals surface area contributed by atoms with Crippen LogP contribution in [0.1, 0.15) is 33.5 Å². The fourth-order valence-electron chi connectivity index (χ4n) is 3.08. The quantitative estimate of drug-likeness (QED) is 0.442. The highest BCUT2D eigenvalue weighted by atomic mass is 32.1. The molecular formula is C18H19N3O4S. The van der Waals surface area contributed by atoms with Crippen molar-refractivity contribution in [1.29, 1.82) is 0 Å². The number of nitrogens with zero attached hydrogens (tertiary/aromatic N) is 3. The smallest absolute Gasteiger partial charge is 0.334 e. The van der Waals surface area contributed by atoms with Gasteiger partial charge in [-0.25, -0.2) is 9.69 Å². The number of carbonyl (C=O) groups excluding carboxylic acids is 4. The Labute approximate surface area is 154 Å². The van der Waals surface area contributed by atoms with Crippen molar-refractivity contribution in [1.82, 2.24) is 14.4 Å². The van der Waals surface area contributed by atoms with E-state index in [9.17, 15) is 19.2 Å². The van der Waals surface area contributed by atoms with E-state index in [4.69, 9.17) is 0 Å². The molecule has 0 N–H and O–H groups in total. The summed E-state index contributed by atoms with van der Waals surface area (Å²) in [5, 5.41) is 2.00. The molecule has 2 aromatic heterocycles. The Kier molecular flexibility index (Phi) is 4.78. The monoisotopic (exact) mass is 373 g/mol. The van der Waals surface area contributed by atoms with Crippen molar-refractivity contribution < 1.29 is 19.2 Å². The molecule has 0 aliphatic carbocycles. The predicted octanol–water partition coefficient (Wildman–Crippen LogP) is 2.21. The van der Waals surface area contributed by atoms with Crippen LogP contribution < -0.4 is 0 Å². The molecule has 0 radical (unpaired) electrons. The normalized spacial score (nSPS) is 14.7. The van der Waals surface area contributed by atoms with Gasteiger partial charge in [0.25, 0.3) is 0 Å². The van der Waals surface area contributed by atoms with E-state index in [1.165, 1.54) is 4.88 Å². The van der Waals surface area contributed by atoms with Crippen molar-refractivity contribution in [3.05, 3.63) is 45.4 Å². The average Bonchev–Trinajstić information content (AvgIpc) is 3.27. The zero-order valence-corrected chi connectivity index (χ0v) is 15.6. The highest BCUT2D eigenvalue weighted by Gasteiger charge is 2.44. The molecule has 0 saturated carbocycles. The van der Waals surface area contributed by atoms with E-state index in [-0.39, 0.29) is 12.3 Å². The maximum atomic E-state index is 12.7. The Hall–Kier alpha value is -2.74. The first-order chi connectivity index (χ1) is 12.3. The molecule has 8 heteroatoms. The Bertz CT molecular complexity index is 898. The zero-order valence-electron chi connectivity index (χ0n) is 14.8. The zero-order chi connectivity index (χ0) is 19.0. The highest BCUT2D eigenvalue weighted by molar-refractivity contribution is 7.09. The van der Waals surface area contributed by atoms with E-state index in [1.807, 2.05) is 35.9 Å². The summed E-state index contributed by atoms with van der Waals surface area (Å²) in [4.78, 5) is 51.3. The average molecular weight is 373 g/mol. The molecule has 1 aliphatic rings. The Morgan fingerprint density at radius 1 is 1.12 bits per heavy atom. The number of aromatic nitrogens is 1. The summed E-state index contributed by atoms with van der Waals surface area (Å²) in [5.41, 5.74) is 2.16. The standard InChI is InChI=1S/C18H19N3O4S/c1-4-19-16(23)17(24)21(18(19)25)10-15(22)14-8-11(2)20(12(14)3)9-13-6-5-7-26-13/h5-8H,4,9-10H2,1-3H3. The van der Waals surface area contributed by atoms with Gasteiger partial charge >= 0.3 is 17.8 Å². The molecule has 7 nitrogen and oxygen atoms in total. The van der Waals surface area contributed by atoms with E-state index in [0.29, 0.717) is 12.1 Å².